The summed E-state index contributed by atoms with van der Waals surface area (Å²) in [6.45, 7) is 3.00. The van der Waals surface area contributed by atoms with Gasteiger partial charge in [0.25, 0.3) is 0 Å². The Morgan fingerprint density at radius 1 is 1.44 bits per heavy atom. The lowest BCUT2D eigenvalue weighted by Gasteiger charge is -2.36. The lowest BCUT2D eigenvalue weighted by Crippen LogP contribution is -2.48. The highest BCUT2D eigenvalue weighted by atomic mass is 32.2. The molecule has 5 nitrogen and oxygen atoms in total. The number of morpholine rings is 1. The number of hydrogen-bond donors (Lipinski definition) is 1. The molecule has 2 heterocycles. The summed E-state index contributed by atoms with van der Waals surface area (Å²) in [6.07, 6.45) is 1.82. The topological polar surface area (TPSA) is 72.6 Å². The van der Waals surface area contributed by atoms with Gasteiger partial charge in [0.15, 0.2) is 9.84 Å². The Hall–Kier alpha value is -0.170. The van der Waals surface area contributed by atoms with E-state index in [-0.39, 0.29) is 12.1 Å². The van der Waals surface area contributed by atoms with Crippen LogP contribution in [0.1, 0.15) is 12.8 Å². The van der Waals surface area contributed by atoms with Crippen molar-refractivity contribution in [3.8, 4) is 0 Å². The maximum atomic E-state index is 11.4. The summed E-state index contributed by atoms with van der Waals surface area (Å²) >= 11 is 0. The van der Waals surface area contributed by atoms with Gasteiger partial charge in [-0.25, -0.2) is 8.42 Å². The summed E-state index contributed by atoms with van der Waals surface area (Å²) in [5.74, 6) is 0.666. The lowest BCUT2D eigenvalue weighted by atomic mass is 10.1. The number of nitrogens with zero attached hydrogens (tertiary/aromatic N) is 1. The van der Waals surface area contributed by atoms with Gasteiger partial charge in [0.05, 0.1) is 24.2 Å². The van der Waals surface area contributed by atoms with Crippen LogP contribution in [0, 0.1) is 0 Å². The van der Waals surface area contributed by atoms with Crippen molar-refractivity contribution in [2.45, 2.75) is 25.0 Å². The minimum absolute atomic E-state index is 0.182. The zero-order valence-corrected chi connectivity index (χ0v) is 10.3. The van der Waals surface area contributed by atoms with Gasteiger partial charge in [0, 0.05) is 19.1 Å². The Bertz CT molecular complexity index is 329. The largest absolute Gasteiger partial charge is 0.376 e. The molecule has 2 N–H and O–H groups in total. The van der Waals surface area contributed by atoms with Gasteiger partial charge in [-0.3, -0.25) is 4.90 Å². The smallest absolute Gasteiger partial charge is 0.151 e. The number of hydrogen-bond acceptors (Lipinski definition) is 5. The maximum absolute atomic E-state index is 11.4. The van der Waals surface area contributed by atoms with Crippen LogP contribution in [0.4, 0.5) is 0 Å². The Labute approximate surface area is 96.9 Å². The summed E-state index contributed by atoms with van der Waals surface area (Å²) in [5, 5.41) is 0. The standard InChI is InChI=1S/C10H20N2O3S/c11-3-1-10-7-12(4-5-15-10)9-2-6-16(13,14)8-9/h9-10H,1-8,11H2. The minimum atomic E-state index is -2.78. The molecule has 0 aliphatic carbocycles. The third-order valence-electron chi connectivity index (χ3n) is 3.38. The first kappa shape index (κ1) is 12.3. The zero-order chi connectivity index (χ0) is 11.6. The number of ether oxygens (including phenoxy) is 1. The monoisotopic (exact) mass is 248 g/mol. The van der Waals surface area contributed by atoms with E-state index < -0.39 is 9.84 Å². The summed E-state index contributed by atoms with van der Waals surface area (Å²) < 4.78 is 28.4. The van der Waals surface area contributed by atoms with Crippen LogP contribution < -0.4 is 5.73 Å². The van der Waals surface area contributed by atoms with Crippen LogP contribution in [0.2, 0.25) is 0 Å². The van der Waals surface area contributed by atoms with Gasteiger partial charge in [0.2, 0.25) is 0 Å². The quantitative estimate of drug-likeness (QED) is 0.709. The summed E-state index contributed by atoms with van der Waals surface area (Å²) in [6, 6.07) is 0.203. The van der Waals surface area contributed by atoms with Crippen molar-refractivity contribution < 1.29 is 13.2 Å². The fourth-order valence-electron chi connectivity index (χ4n) is 2.50. The Morgan fingerprint density at radius 3 is 2.88 bits per heavy atom. The highest BCUT2D eigenvalue weighted by molar-refractivity contribution is 7.91. The second kappa shape index (κ2) is 5.00. The van der Waals surface area contributed by atoms with E-state index in [2.05, 4.69) is 4.90 Å². The average Bonchev–Trinajstić information content (AvgIpc) is 2.60. The second-order valence-corrected chi connectivity index (χ2v) is 6.85. The fraction of sp³-hybridized carbons (Fsp3) is 1.00. The Kier molecular flexibility index (Phi) is 3.84. The minimum Gasteiger partial charge on any atom is -0.376 e. The molecule has 2 unspecified atom stereocenters. The zero-order valence-electron chi connectivity index (χ0n) is 9.47. The van der Waals surface area contributed by atoms with E-state index in [9.17, 15) is 8.42 Å². The second-order valence-electron chi connectivity index (χ2n) is 4.62. The van der Waals surface area contributed by atoms with Crippen LogP contribution in [0.25, 0.3) is 0 Å². The lowest BCUT2D eigenvalue weighted by molar-refractivity contribution is -0.0419. The SMILES string of the molecule is NCCC1CN(C2CCS(=O)(=O)C2)CCO1. The molecule has 6 heteroatoms. The van der Waals surface area contributed by atoms with Crippen LogP contribution in [0.3, 0.4) is 0 Å². The molecule has 2 rings (SSSR count). The predicted molar refractivity (Wildman–Crippen MR) is 62.0 cm³/mol. The van der Waals surface area contributed by atoms with Gasteiger partial charge in [-0.15, -0.1) is 0 Å². The number of nitrogens with two attached hydrogens (primary N) is 1. The van der Waals surface area contributed by atoms with Crippen molar-refractivity contribution in [3.05, 3.63) is 0 Å². The molecule has 0 spiro atoms. The normalized spacial score (nSPS) is 35.3. The average molecular weight is 248 g/mol. The Balaban J connectivity index is 1.90. The molecule has 16 heavy (non-hydrogen) atoms. The molecular weight excluding hydrogens is 228 g/mol. The molecule has 2 aliphatic rings. The van der Waals surface area contributed by atoms with E-state index in [0.717, 1.165) is 25.9 Å². The molecule has 0 aromatic heterocycles. The number of sulfone groups is 1. The van der Waals surface area contributed by atoms with Gasteiger partial charge < -0.3 is 10.5 Å². The maximum Gasteiger partial charge on any atom is 0.151 e. The van der Waals surface area contributed by atoms with Crippen molar-refractivity contribution in [2.24, 2.45) is 5.73 Å². The molecular formula is C10H20N2O3S. The van der Waals surface area contributed by atoms with E-state index in [0.29, 0.717) is 24.7 Å². The highest BCUT2D eigenvalue weighted by Crippen LogP contribution is 2.20. The number of rotatable bonds is 3. The van der Waals surface area contributed by atoms with Crippen molar-refractivity contribution >= 4 is 9.84 Å². The molecule has 2 saturated heterocycles. The van der Waals surface area contributed by atoms with Crippen molar-refractivity contribution in [1.82, 2.24) is 4.90 Å². The van der Waals surface area contributed by atoms with Crippen LogP contribution in [0.15, 0.2) is 0 Å². The molecule has 0 aromatic carbocycles. The van der Waals surface area contributed by atoms with Crippen LogP contribution in [-0.4, -0.2) is 63.2 Å². The van der Waals surface area contributed by atoms with E-state index in [1.807, 2.05) is 0 Å². The van der Waals surface area contributed by atoms with E-state index in [4.69, 9.17) is 10.5 Å². The first-order valence-electron chi connectivity index (χ1n) is 5.87. The molecule has 0 aromatic rings. The molecule has 2 fully saturated rings. The van der Waals surface area contributed by atoms with Crippen molar-refractivity contribution in [3.63, 3.8) is 0 Å². The van der Waals surface area contributed by atoms with Crippen LogP contribution in [0.5, 0.6) is 0 Å². The van der Waals surface area contributed by atoms with Crippen molar-refractivity contribution in [2.75, 3.05) is 37.7 Å². The molecule has 0 saturated carbocycles. The molecule has 2 aliphatic heterocycles. The van der Waals surface area contributed by atoms with Gasteiger partial charge in [-0.05, 0) is 19.4 Å². The molecule has 94 valence electrons. The van der Waals surface area contributed by atoms with E-state index in [1.165, 1.54) is 0 Å². The van der Waals surface area contributed by atoms with E-state index >= 15 is 0 Å². The molecule has 0 amide bonds. The third-order valence-corrected chi connectivity index (χ3v) is 5.13. The molecule has 2 atom stereocenters. The van der Waals surface area contributed by atoms with Gasteiger partial charge in [-0.2, -0.15) is 0 Å². The van der Waals surface area contributed by atoms with Gasteiger partial charge >= 0.3 is 0 Å². The Morgan fingerprint density at radius 2 is 2.25 bits per heavy atom. The summed E-state index contributed by atoms with van der Waals surface area (Å²) in [4.78, 5) is 2.26. The summed E-state index contributed by atoms with van der Waals surface area (Å²) in [5.41, 5.74) is 5.51. The van der Waals surface area contributed by atoms with Crippen LogP contribution in [-0.2, 0) is 14.6 Å². The van der Waals surface area contributed by atoms with Crippen molar-refractivity contribution in [1.29, 1.82) is 0 Å². The van der Waals surface area contributed by atoms with Crippen LogP contribution >= 0.6 is 0 Å². The van der Waals surface area contributed by atoms with Gasteiger partial charge in [0.1, 0.15) is 0 Å². The predicted octanol–water partition coefficient (Wildman–Crippen LogP) is -0.777. The molecule has 0 bridgehead atoms. The first-order chi connectivity index (χ1) is 7.61. The fourth-order valence-corrected chi connectivity index (χ4v) is 4.26. The third kappa shape index (κ3) is 2.94. The molecule has 0 radical (unpaired) electrons. The van der Waals surface area contributed by atoms with Gasteiger partial charge in [-0.1, -0.05) is 0 Å². The highest BCUT2D eigenvalue weighted by Gasteiger charge is 2.34. The van der Waals surface area contributed by atoms with E-state index in [1.54, 1.807) is 0 Å². The summed E-state index contributed by atoms with van der Waals surface area (Å²) in [7, 11) is -2.78. The first-order valence-corrected chi connectivity index (χ1v) is 7.69.